The lowest BCUT2D eigenvalue weighted by atomic mass is 10.3. The third-order valence-corrected chi connectivity index (χ3v) is 5.73. The lowest BCUT2D eigenvalue weighted by Crippen LogP contribution is -2.23. The Kier molecular flexibility index (Phi) is 4.35. The second-order valence-corrected chi connectivity index (χ2v) is 7.40. The van der Waals surface area contributed by atoms with Crippen LogP contribution in [0, 0.1) is 13.8 Å². The number of rotatable bonds is 5. The first-order chi connectivity index (χ1) is 9.79. The van der Waals surface area contributed by atoms with Gasteiger partial charge in [-0.2, -0.15) is 0 Å². The van der Waals surface area contributed by atoms with Crippen LogP contribution in [-0.2, 0) is 16.6 Å². The zero-order chi connectivity index (χ0) is 15.6. The number of aromatic carboxylic acids is 1. The van der Waals surface area contributed by atoms with Gasteiger partial charge in [-0.25, -0.2) is 17.9 Å². The molecule has 2 aromatic rings. The highest BCUT2D eigenvalue weighted by Gasteiger charge is 2.21. The molecule has 21 heavy (non-hydrogen) atoms. The van der Waals surface area contributed by atoms with Crippen LogP contribution in [0.4, 0.5) is 0 Å². The van der Waals surface area contributed by atoms with Crippen molar-refractivity contribution in [1.29, 1.82) is 0 Å². The molecule has 0 bridgehead atoms. The summed E-state index contributed by atoms with van der Waals surface area (Å²) in [6, 6.07) is 1.34. The predicted molar refractivity (Wildman–Crippen MR) is 76.8 cm³/mol. The van der Waals surface area contributed by atoms with E-state index in [-0.39, 0.29) is 15.6 Å². The Hall–Kier alpha value is -1.84. The van der Waals surface area contributed by atoms with Crippen LogP contribution in [0.25, 0.3) is 0 Å². The minimum absolute atomic E-state index is 0.00499. The van der Waals surface area contributed by atoms with E-state index in [0.717, 1.165) is 17.0 Å². The first kappa shape index (κ1) is 15.5. The fourth-order valence-corrected chi connectivity index (χ4v) is 3.97. The molecule has 2 heterocycles. The molecule has 2 N–H and O–H groups in total. The van der Waals surface area contributed by atoms with Crippen molar-refractivity contribution in [3.63, 3.8) is 0 Å². The molecule has 112 valence electrons. The van der Waals surface area contributed by atoms with E-state index >= 15 is 0 Å². The summed E-state index contributed by atoms with van der Waals surface area (Å²) in [6.45, 7) is 3.34. The molecule has 7 nitrogen and oxygen atoms in total. The van der Waals surface area contributed by atoms with Crippen molar-refractivity contribution in [3.8, 4) is 0 Å². The monoisotopic (exact) mass is 327 g/mol. The van der Waals surface area contributed by atoms with Gasteiger partial charge in [0.2, 0.25) is 10.0 Å². The summed E-state index contributed by atoms with van der Waals surface area (Å²) >= 11 is 0.726. The standard InChI is InChI=1S/C12H13N3O4S2/c1-7-3-10(20-11(7)12(16)17)21(18,19)15-6-9-5-13-8(2)4-14-9/h3-5,15H,6H2,1-2H3,(H,16,17). The molecular weight excluding hydrogens is 314 g/mol. The van der Waals surface area contributed by atoms with Crippen molar-refractivity contribution in [2.45, 2.75) is 24.6 Å². The molecule has 2 rings (SSSR count). The largest absolute Gasteiger partial charge is 0.477 e. The first-order valence-electron chi connectivity index (χ1n) is 5.90. The number of sulfonamides is 1. The molecule has 0 saturated heterocycles. The smallest absolute Gasteiger partial charge is 0.346 e. The van der Waals surface area contributed by atoms with E-state index in [9.17, 15) is 13.2 Å². The predicted octanol–water partition coefficient (Wildman–Crippen LogP) is 1.33. The highest BCUT2D eigenvalue weighted by atomic mass is 32.2. The van der Waals surface area contributed by atoms with Crippen LogP contribution >= 0.6 is 11.3 Å². The number of aromatic nitrogens is 2. The molecule has 0 aliphatic carbocycles. The topological polar surface area (TPSA) is 109 Å². The normalized spacial score (nSPS) is 11.5. The van der Waals surface area contributed by atoms with Crippen molar-refractivity contribution >= 4 is 27.3 Å². The van der Waals surface area contributed by atoms with Gasteiger partial charge < -0.3 is 5.11 Å². The highest BCUT2D eigenvalue weighted by molar-refractivity contribution is 7.91. The second kappa shape index (κ2) is 5.88. The van der Waals surface area contributed by atoms with Gasteiger partial charge in [0.25, 0.3) is 0 Å². The van der Waals surface area contributed by atoms with Gasteiger partial charge in [-0.1, -0.05) is 0 Å². The molecule has 0 radical (unpaired) electrons. The average Bonchev–Trinajstić information content (AvgIpc) is 2.81. The third kappa shape index (κ3) is 3.63. The molecule has 2 aromatic heterocycles. The maximum absolute atomic E-state index is 12.1. The van der Waals surface area contributed by atoms with Crippen LogP contribution in [0.2, 0.25) is 0 Å². The van der Waals surface area contributed by atoms with Gasteiger partial charge >= 0.3 is 5.97 Å². The number of carboxylic acid groups (broad SMARTS) is 1. The van der Waals surface area contributed by atoms with Crippen molar-refractivity contribution in [2.24, 2.45) is 0 Å². The number of hydrogen-bond acceptors (Lipinski definition) is 6. The number of nitrogens with zero attached hydrogens (tertiary/aromatic N) is 2. The van der Waals surface area contributed by atoms with E-state index < -0.39 is 16.0 Å². The van der Waals surface area contributed by atoms with Crippen LogP contribution < -0.4 is 4.72 Å². The first-order valence-corrected chi connectivity index (χ1v) is 8.20. The Labute approximate surface area is 125 Å². The minimum atomic E-state index is -3.77. The van der Waals surface area contributed by atoms with Crippen LogP contribution in [0.1, 0.15) is 26.6 Å². The fourth-order valence-electron chi connectivity index (χ4n) is 1.55. The second-order valence-electron chi connectivity index (χ2n) is 4.36. The highest BCUT2D eigenvalue weighted by Crippen LogP contribution is 2.25. The number of hydrogen-bond donors (Lipinski definition) is 2. The van der Waals surface area contributed by atoms with E-state index in [1.54, 1.807) is 20.0 Å². The third-order valence-electron chi connectivity index (χ3n) is 2.63. The molecule has 9 heteroatoms. The van der Waals surface area contributed by atoms with Gasteiger partial charge in [0.1, 0.15) is 9.09 Å². The van der Waals surface area contributed by atoms with Crippen LogP contribution in [0.3, 0.4) is 0 Å². The summed E-state index contributed by atoms with van der Waals surface area (Å²) in [4.78, 5) is 19.0. The number of aryl methyl sites for hydroxylation is 2. The molecule has 0 atom stereocenters. The van der Waals surface area contributed by atoms with Gasteiger partial charge in [-0.15, -0.1) is 11.3 Å². The zero-order valence-electron chi connectivity index (χ0n) is 11.3. The Morgan fingerprint density at radius 1 is 1.33 bits per heavy atom. The van der Waals surface area contributed by atoms with Crippen LogP contribution in [0.15, 0.2) is 22.7 Å². The molecule has 0 spiro atoms. The number of thiophene rings is 1. The van der Waals surface area contributed by atoms with Crippen molar-refractivity contribution in [3.05, 3.63) is 40.3 Å². The van der Waals surface area contributed by atoms with Gasteiger partial charge in [-0.3, -0.25) is 9.97 Å². The summed E-state index contributed by atoms with van der Waals surface area (Å²) < 4.78 is 26.6. The van der Waals surface area contributed by atoms with Gasteiger partial charge in [0.15, 0.2) is 0 Å². The molecule has 0 saturated carbocycles. The minimum Gasteiger partial charge on any atom is -0.477 e. The van der Waals surface area contributed by atoms with Crippen LogP contribution in [0.5, 0.6) is 0 Å². The number of carboxylic acids is 1. The van der Waals surface area contributed by atoms with E-state index in [0.29, 0.717) is 11.3 Å². The quantitative estimate of drug-likeness (QED) is 0.857. The molecule has 0 aromatic carbocycles. The lowest BCUT2D eigenvalue weighted by Gasteiger charge is -2.04. The van der Waals surface area contributed by atoms with Gasteiger partial charge in [0.05, 0.1) is 24.1 Å². The maximum Gasteiger partial charge on any atom is 0.346 e. The Morgan fingerprint density at radius 2 is 2.05 bits per heavy atom. The molecule has 0 aliphatic heterocycles. The summed E-state index contributed by atoms with van der Waals surface area (Å²) in [7, 11) is -3.77. The molecule has 0 aliphatic rings. The summed E-state index contributed by atoms with van der Waals surface area (Å²) in [5, 5.41) is 8.96. The van der Waals surface area contributed by atoms with Gasteiger partial charge in [0, 0.05) is 6.20 Å². The van der Waals surface area contributed by atoms with Gasteiger partial charge in [-0.05, 0) is 25.5 Å². The molecule has 0 amide bonds. The summed E-state index contributed by atoms with van der Waals surface area (Å²) in [6.07, 6.45) is 3.03. The SMILES string of the molecule is Cc1cnc(CNS(=O)(=O)c2cc(C)c(C(=O)O)s2)cn1. The van der Waals surface area contributed by atoms with Crippen molar-refractivity contribution < 1.29 is 18.3 Å². The Balaban J connectivity index is 2.17. The Morgan fingerprint density at radius 3 is 2.57 bits per heavy atom. The molecule has 0 fully saturated rings. The molecule has 0 unspecified atom stereocenters. The molecular formula is C12H13N3O4S2. The van der Waals surface area contributed by atoms with Crippen molar-refractivity contribution in [2.75, 3.05) is 0 Å². The zero-order valence-corrected chi connectivity index (χ0v) is 13.0. The summed E-state index contributed by atoms with van der Waals surface area (Å²) in [5.74, 6) is -1.14. The van der Waals surface area contributed by atoms with E-state index in [2.05, 4.69) is 14.7 Å². The van der Waals surface area contributed by atoms with Crippen LogP contribution in [-0.4, -0.2) is 29.5 Å². The maximum atomic E-state index is 12.1. The lowest BCUT2D eigenvalue weighted by molar-refractivity contribution is 0.0701. The Bertz CT molecular complexity index is 766. The van der Waals surface area contributed by atoms with E-state index in [4.69, 9.17) is 5.11 Å². The number of nitrogens with one attached hydrogen (secondary N) is 1. The fraction of sp³-hybridized carbons (Fsp3) is 0.250. The van der Waals surface area contributed by atoms with E-state index in [1.165, 1.54) is 12.3 Å². The van der Waals surface area contributed by atoms with E-state index in [1.807, 2.05) is 0 Å². The van der Waals surface area contributed by atoms with Crippen molar-refractivity contribution in [1.82, 2.24) is 14.7 Å². The summed E-state index contributed by atoms with van der Waals surface area (Å²) in [5.41, 5.74) is 1.64. The number of carbonyl (C=O) groups is 1. The average molecular weight is 327 g/mol.